The van der Waals surface area contributed by atoms with E-state index in [1.165, 1.54) is 6.20 Å². The maximum atomic E-state index is 12.0. The molecule has 0 aliphatic carbocycles. The molecule has 0 aliphatic heterocycles. The number of anilines is 1. The van der Waals surface area contributed by atoms with Crippen molar-refractivity contribution in [3.05, 3.63) is 46.3 Å². The Morgan fingerprint density at radius 1 is 1.47 bits per heavy atom. The van der Waals surface area contributed by atoms with Gasteiger partial charge in [-0.25, -0.2) is 4.98 Å². The van der Waals surface area contributed by atoms with E-state index < -0.39 is 0 Å². The Morgan fingerprint density at radius 2 is 2.29 bits per heavy atom. The van der Waals surface area contributed by atoms with E-state index in [0.717, 1.165) is 4.88 Å². The standard InChI is InChI=1S/C12H13N3OS/c1-15(8-10-3-2-6-17-10)12(16)9-4-5-11(13)14-7-9/h2-7H,8H2,1H3,(H2,13,14). The van der Waals surface area contributed by atoms with Crippen molar-refractivity contribution in [3.8, 4) is 0 Å². The number of carbonyl (C=O) groups is 1. The lowest BCUT2D eigenvalue weighted by Crippen LogP contribution is -2.25. The number of carbonyl (C=O) groups excluding carboxylic acids is 1. The zero-order chi connectivity index (χ0) is 12.3. The normalized spacial score (nSPS) is 10.2. The average molecular weight is 247 g/mol. The van der Waals surface area contributed by atoms with E-state index in [2.05, 4.69) is 4.98 Å². The number of nitrogens with zero attached hydrogens (tertiary/aromatic N) is 2. The first kappa shape index (κ1) is 11.6. The van der Waals surface area contributed by atoms with Gasteiger partial charge in [-0.2, -0.15) is 0 Å². The van der Waals surface area contributed by atoms with Gasteiger partial charge in [0.05, 0.1) is 12.1 Å². The summed E-state index contributed by atoms with van der Waals surface area (Å²) < 4.78 is 0. The number of nitrogens with two attached hydrogens (primary N) is 1. The molecule has 2 heterocycles. The topological polar surface area (TPSA) is 59.2 Å². The molecular weight excluding hydrogens is 234 g/mol. The number of hydrogen-bond donors (Lipinski definition) is 1. The lowest BCUT2D eigenvalue weighted by molar-refractivity contribution is 0.0786. The average Bonchev–Trinajstić information content (AvgIpc) is 2.82. The van der Waals surface area contributed by atoms with Gasteiger partial charge in [0.2, 0.25) is 0 Å². The fraction of sp³-hybridized carbons (Fsp3) is 0.167. The Balaban J connectivity index is 2.07. The van der Waals surface area contributed by atoms with Crippen LogP contribution in [-0.4, -0.2) is 22.8 Å². The fourth-order valence-electron chi connectivity index (χ4n) is 1.46. The number of nitrogen functional groups attached to an aromatic ring is 1. The van der Waals surface area contributed by atoms with Crippen molar-refractivity contribution in [2.24, 2.45) is 0 Å². The molecule has 2 aromatic heterocycles. The van der Waals surface area contributed by atoms with Gasteiger partial charge in [0.15, 0.2) is 0 Å². The molecular formula is C12H13N3OS. The molecule has 2 rings (SSSR count). The third-order valence-corrected chi connectivity index (χ3v) is 3.21. The lowest BCUT2D eigenvalue weighted by Gasteiger charge is -2.15. The molecule has 0 fully saturated rings. The minimum Gasteiger partial charge on any atom is -0.384 e. The van der Waals surface area contributed by atoms with E-state index in [4.69, 9.17) is 5.73 Å². The summed E-state index contributed by atoms with van der Waals surface area (Å²) in [6.45, 7) is 0.612. The molecule has 4 nitrogen and oxygen atoms in total. The molecule has 1 amide bonds. The van der Waals surface area contributed by atoms with Gasteiger partial charge in [-0.3, -0.25) is 4.79 Å². The van der Waals surface area contributed by atoms with E-state index in [1.54, 1.807) is 35.4 Å². The van der Waals surface area contributed by atoms with E-state index in [9.17, 15) is 4.79 Å². The summed E-state index contributed by atoms with van der Waals surface area (Å²) in [6.07, 6.45) is 1.50. The zero-order valence-electron chi connectivity index (χ0n) is 9.46. The second-order valence-corrected chi connectivity index (χ2v) is 4.74. The summed E-state index contributed by atoms with van der Waals surface area (Å²) >= 11 is 1.64. The van der Waals surface area contributed by atoms with Crippen LogP contribution in [0.4, 0.5) is 5.82 Å². The summed E-state index contributed by atoms with van der Waals surface area (Å²) in [5, 5.41) is 2.00. The minimum absolute atomic E-state index is 0.0501. The van der Waals surface area contributed by atoms with Crippen LogP contribution in [0.5, 0.6) is 0 Å². The van der Waals surface area contributed by atoms with Gasteiger partial charge >= 0.3 is 0 Å². The van der Waals surface area contributed by atoms with Gasteiger partial charge in [0.25, 0.3) is 5.91 Å². The molecule has 0 aromatic carbocycles. The highest BCUT2D eigenvalue weighted by Crippen LogP contribution is 2.13. The quantitative estimate of drug-likeness (QED) is 0.902. The fourth-order valence-corrected chi connectivity index (χ4v) is 2.22. The van der Waals surface area contributed by atoms with E-state index in [-0.39, 0.29) is 5.91 Å². The highest BCUT2D eigenvalue weighted by atomic mass is 32.1. The molecule has 17 heavy (non-hydrogen) atoms. The molecule has 0 saturated carbocycles. The maximum Gasteiger partial charge on any atom is 0.255 e. The lowest BCUT2D eigenvalue weighted by atomic mass is 10.2. The predicted octanol–water partition coefficient (Wildman–Crippen LogP) is 2.00. The second kappa shape index (κ2) is 4.97. The van der Waals surface area contributed by atoms with Crippen molar-refractivity contribution >= 4 is 23.1 Å². The van der Waals surface area contributed by atoms with Crippen molar-refractivity contribution in [1.29, 1.82) is 0 Å². The predicted molar refractivity (Wildman–Crippen MR) is 68.8 cm³/mol. The van der Waals surface area contributed by atoms with Crippen LogP contribution < -0.4 is 5.73 Å². The first-order valence-corrected chi connectivity index (χ1v) is 6.04. The Morgan fingerprint density at radius 3 is 2.88 bits per heavy atom. The number of aromatic nitrogens is 1. The van der Waals surface area contributed by atoms with Crippen LogP contribution in [0.1, 0.15) is 15.2 Å². The van der Waals surface area contributed by atoms with Crippen LogP contribution >= 0.6 is 11.3 Å². The van der Waals surface area contributed by atoms with Crippen molar-refractivity contribution in [1.82, 2.24) is 9.88 Å². The first-order valence-electron chi connectivity index (χ1n) is 5.16. The first-order chi connectivity index (χ1) is 8.16. The molecule has 0 bridgehead atoms. The molecule has 0 saturated heterocycles. The van der Waals surface area contributed by atoms with Gasteiger partial charge in [-0.1, -0.05) is 6.07 Å². The number of thiophene rings is 1. The van der Waals surface area contributed by atoms with E-state index >= 15 is 0 Å². The number of amides is 1. The van der Waals surface area contributed by atoms with Crippen LogP contribution in [0.2, 0.25) is 0 Å². The summed E-state index contributed by atoms with van der Waals surface area (Å²) in [7, 11) is 1.78. The van der Waals surface area contributed by atoms with Crippen molar-refractivity contribution in [2.75, 3.05) is 12.8 Å². The molecule has 2 aromatic rings. The monoisotopic (exact) mass is 247 g/mol. The van der Waals surface area contributed by atoms with Crippen molar-refractivity contribution in [3.63, 3.8) is 0 Å². The van der Waals surface area contributed by atoms with Gasteiger partial charge in [-0.15, -0.1) is 11.3 Å². The molecule has 0 radical (unpaired) electrons. The largest absolute Gasteiger partial charge is 0.384 e. The third-order valence-electron chi connectivity index (χ3n) is 2.35. The molecule has 0 atom stereocenters. The van der Waals surface area contributed by atoms with Crippen LogP contribution in [0.3, 0.4) is 0 Å². The summed E-state index contributed by atoms with van der Waals surface area (Å²) in [6, 6.07) is 7.31. The van der Waals surface area contributed by atoms with E-state index in [1.807, 2.05) is 17.5 Å². The Bertz CT molecular complexity index is 493. The SMILES string of the molecule is CN(Cc1cccs1)C(=O)c1ccc(N)nc1. The minimum atomic E-state index is -0.0501. The van der Waals surface area contributed by atoms with Gasteiger partial charge in [-0.05, 0) is 23.6 Å². The second-order valence-electron chi connectivity index (χ2n) is 3.71. The molecule has 88 valence electrons. The molecule has 0 spiro atoms. The number of rotatable bonds is 3. The van der Waals surface area contributed by atoms with Crippen LogP contribution in [0.15, 0.2) is 35.8 Å². The van der Waals surface area contributed by atoms with E-state index in [0.29, 0.717) is 17.9 Å². The van der Waals surface area contributed by atoms with Crippen molar-refractivity contribution in [2.45, 2.75) is 6.54 Å². The number of pyridine rings is 1. The Labute approximate surface area is 104 Å². The van der Waals surface area contributed by atoms with Crippen LogP contribution in [0.25, 0.3) is 0 Å². The highest BCUT2D eigenvalue weighted by Gasteiger charge is 2.12. The molecule has 5 heteroatoms. The Hall–Kier alpha value is -1.88. The van der Waals surface area contributed by atoms with Gasteiger partial charge < -0.3 is 10.6 Å². The summed E-state index contributed by atoms with van der Waals surface area (Å²) in [5.74, 6) is 0.369. The van der Waals surface area contributed by atoms with Crippen LogP contribution in [0, 0.1) is 0 Å². The summed E-state index contributed by atoms with van der Waals surface area (Å²) in [5.41, 5.74) is 6.03. The molecule has 0 unspecified atom stereocenters. The summed E-state index contributed by atoms with van der Waals surface area (Å²) in [4.78, 5) is 18.8. The maximum absolute atomic E-state index is 12.0. The highest BCUT2D eigenvalue weighted by molar-refractivity contribution is 7.09. The number of hydrogen-bond acceptors (Lipinski definition) is 4. The molecule has 0 aliphatic rings. The Kier molecular flexibility index (Phi) is 3.39. The van der Waals surface area contributed by atoms with Gasteiger partial charge in [0.1, 0.15) is 5.82 Å². The zero-order valence-corrected chi connectivity index (χ0v) is 10.3. The van der Waals surface area contributed by atoms with Gasteiger partial charge in [0, 0.05) is 18.1 Å². The van der Waals surface area contributed by atoms with Crippen molar-refractivity contribution < 1.29 is 4.79 Å². The molecule has 2 N–H and O–H groups in total. The van der Waals surface area contributed by atoms with Crippen LogP contribution in [-0.2, 0) is 6.54 Å². The smallest absolute Gasteiger partial charge is 0.255 e. The third kappa shape index (κ3) is 2.82.